The molecule has 13 heavy (non-hydrogen) atoms. The van der Waals surface area contributed by atoms with Crippen LogP contribution in [0.25, 0.3) is 0 Å². The summed E-state index contributed by atoms with van der Waals surface area (Å²) in [4.78, 5) is 3.61. The van der Waals surface area contributed by atoms with E-state index in [1.807, 2.05) is 0 Å². The van der Waals surface area contributed by atoms with Crippen LogP contribution in [-0.4, -0.2) is 12.1 Å². The Bertz CT molecular complexity index is 317. The van der Waals surface area contributed by atoms with Gasteiger partial charge in [-0.3, -0.25) is 0 Å². The van der Waals surface area contributed by atoms with Crippen LogP contribution in [0.2, 0.25) is 5.15 Å². The van der Waals surface area contributed by atoms with Gasteiger partial charge in [0.15, 0.2) is 0 Å². The van der Waals surface area contributed by atoms with Crippen molar-refractivity contribution in [1.82, 2.24) is 4.98 Å². The summed E-state index contributed by atoms with van der Waals surface area (Å²) in [7, 11) is 1.32. The molecule has 0 spiro atoms. The van der Waals surface area contributed by atoms with Gasteiger partial charge in [-0.1, -0.05) is 11.6 Å². The Balaban J connectivity index is 3.30. The van der Waals surface area contributed by atoms with E-state index in [2.05, 4.69) is 4.98 Å². The van der Waals surface area contributed by atoms with Crippen LogP contribution in [0.15, 0.2) is 6.20 Å². The molecule has 0 aliphatic carbocycles. The lowest BCUT2D eigenvalue weighted by Crippen LogP contribution is -1.97. The SMILES string of the molecule is COc1c(C(F)F)cnc(Cl)c1C. The summed E-state index contributed by atoms with van der Waals surface area (Å²) in [6.45, 7) is 1.58. The van der Waals surface area contributed by atoms with Crippen molar-refractivity contribution in [3.8, 4) is 5.75 Å². The number of methoxy groups -OCH3 is 1. The highest BCUT2D eigenvalue weighted by molar-refractivity contribution is 6.30. The molecule has 0 N–H and O–H groups in total. The van der Waals surface area contributed by atoms with Gasteiger partial charge in [0.05, 0.1) is 12.7 Å². The van der Waals surface area contributed by atoms with Crippen molar-refractivity contribution in [2.75, 3.05) is 7.11 Å². The zero-order valence-electron chi connectivity index (χ0n) is 7.14. The molecule has 0 saturated heterocycles. The minimum atomic E-state index is -2.60. The molecule has 0 atom stereocenters. The van der Waals surface area contributed by atoms with Gasteiger partial charge < -0.3 is 4.74 Å². The highest BCUT2D eigenvalue weighted by atomic mass is 35.5. The number of nitrogens with zero attached hydrogens (tertiary/aromatic N) is 1. The summed E-state index contributed by atoms with van der Waals surface area (Å²) in [5.74, 6) is 0.106. The summed E-state index contributed by atoms with van der Waals surface area (Å²) in [6, 6.07) is 0. The van der Waals surface area contributed by atoms with E-state index in [1.165, 1.54) is 7.11 Å². The molecule has 0 aliphatic rings. The van der Waals surface area contributed by atoms with Crippen molar-refractivity contribution in [2.24, 2.45) is 0 Å². The predicted octanol–water partition coefficient (Wildman–Crippen LogP) is 2.99. The highest BCUT2D eigenvalue weighted by Gasteiger charge is 2.17. The third-order valence-electron chi connectivity index (χ3n) is 1.67. The van der Waals surface area contributed by atoms with Crippen molar-refractivity contribution >= 4 is 11.6 Å². The standard InChI is InChI=1S/C8H8ClF2NO/c1-4-6(13-2)5(8(10)11)3-12-7(4)9/h3,8H,1-2H3. The van der Waals surface area contributed by atoms with Crippen LogP contribution in [0.3, 0.4) is 0 Å². The molecule has 72 valence electrons. The van der Waals surface area contributed by atoms with Crippen molar-refractivity contribution in [1.29, 1.82) is 0 Å². The number of hydrogen-bond donors (Lipinski definition) is 0. The van der Waals surface area contributed by atoms with E-state index in [1.54, 1.807) is 6.92 Å². The van der Waals surface area contributed by atoms with Crippen molar-refractivity contribution < 1.29 is 13.5 Å². The highest BCUT2D eigenvalue weighted by Crippen LogP contribution is 2.33. The Morgan fingerprint density at radius 3 is 2.62 bits per heavy atom. The van der Waals surface area contributed by atoms with Gasteiger partial charge in [-0.15, -0.1) is 0 Å². The molecule has 0 saturated carbocycles. The van der Waals surface area contributed by atoms with Crippen LogP contribution >= 0.6 is 11.6 Å². The first kappa shape index (κ1) is 10.2. The molecule has 1 aromatic heterocycles. The quantitative estimate of drug-likeness (QED) is 0.696. The van der Waals surface area contributed by atoms with Crippen molar-refractivity contribution in [2.45, 2.75) is 13.3 Å². The molecule has 0 aliphatic heterocycles. The van der Waals surface area contributed by atoms with Crippen LogP contribution < -0.4 is 4.74 Å². The molecular formula is C8H8ClF2NO. The fourth-order valence-corrected chi connectivity index (χ4v) is 1.15. The van der Waals surface area contributed by atoms with Crippen LogP contribution in [0.5, 0.6) is 5.75 Å². The van der Waals surface area contributed by atoms with Crippen molar-refractivity contribution in [3.63, 3.8) is 0 Å². The number of halogens is 3. The Morgan fingerprint density at radius 2 is 2.15 bits per heavy atom. The molecular weight excluding hydrogens is 200 g/mol. The van der Waals surface area contributed by atoms with E-state index in [-0.39, 0.29) is 16.5 Å². The summed E-state index contributed by atoms with van der Waals surface area (Å²) >= 11 is 5.63. The second kappa shape index (κ2) is 3.87. The van der Waals surface area contributed by atoms with Crippen LogP contribution in [0.4, 0.5) is 8.78 Å². The normalized spacial score (nSPS) is 10.6. The molecule has 2 nitrogen and oxygen atoms in total. The summed E-state index contributed by atoms with van der Waals surface area (Å²) in [5, 5.41) is 0.182. The topological polar surface area (TPSA) is 22.1 Å². The van der Waals surface area contributed by atoms with Gasteiger partial charge in [-0.25, -0.2) is 13.8 Å². The van der Waals surface area contributed by atoms with Crippen LogP contribution in [0, 0.1) is 6.92 Å². The first-order valence-electron chi connectivity index (χ1n) is 3.55. The number of hydrogen-bond acceptors (Lipinski definition) is 2. The lowest BCUT2D eigenvalue weighted by atomic mass is 10.2. The van der Waals surface area contributed by atoms with Gasteiger partial charge in [0, 0.05) is 11.8 Å². The Kier molecular flexibility index (Phi) is 3.03. The van der Waals surface area contributed by atoms with Gasteiger partial charge in [0.1, 0.15) is 10.9 Å². The fraction of sp³-hybridized carbons (Fsp3) is 0.375. The minimum Gasteiger partial charge on any atom is -0.496 e. The zero-order valence-corrected chi connectivity index (χ0v) is 7.90. The van der Waals surface area contributed by atoms with Gasteiger partial charge >= 0.3 is 0 Å². The number of rotatable bonds is 2. The van der Waals surface area contributed by atoms with Gasteiger partial charge in [0.25, 0.3) is 6.43 Å². The Hall–Kier alpha value is -0.900. The molecule has 1 rings (SSSR count). The molecule has 5 heteroatoms. The fourth-order valence-electron chi connectivity index (χ4n) is 1.02. The van der Waals surface area contributed by atoms with Crippen LogP contribution in [-0.2, 0) is 0 Å². The molecule has 0 bridgehead atoms. The maximum atomic E-state index is 12.4. The monoisotopic (exact) mass is 207 g/mol. The maximum Gasteiger partial charge on any atom is 0.268 e. The van der Waals surface area contributed by atoms with Gasteiger partial charge in [0.2, 0.25) is 0 Å². The van der Waals surface area contributed by atoms with E-state index < -0.39 is 6.43 Å². The lowest BCUT2D eigenvalue weighted by molar-refractivity contribution is 0.146. The summed E-state index contributed by atoms with van der Waals surface area (Å²) in [5.41, 5.74) is 0.200. The lowest BCUT2D eigenvalue weighted by Gasteiger charge is -2.10. The molecule has 1 aromatic rings. The Labute approximate surface area is 79.5 Å². The van der Waals surface area contributed by atoms with E-state index in [0.717, 1.165) is 6.20 Å². The number of pyridine rings is 1. The average Bonchev–Trinajstić information content (AvgIpc) is 2.09. The second-order valence-corrected chi connectivity index (χ2v) is 2.82. The molecule has 0 radical (unpaired) electrons. The van der Waals surface area contributed by atoms with Gasteiger partial charge in [-0.05, 0) is 6.92 Å². The molecule has 0 fully saturated rings. The van der Waals surface area contributed by atoms with E-state index in [9.17, 15) is 8.78 Å². The molecule has 0 aromatic carbocycles. The van der Waals surface area contributed by atoms with E-state index in [0.29, 0.717) is 5.56 Å². The number of alkyl halides is 2. The smallest absolute Gasteiger partial charge is 0.268 e. The first-order chi connectivity index (χ1) is 6.07. The van der Waals surface area contributed by atoms with E-state index >= 15 is 0 Å². The Morgan fingerprint density at radius 1 is 1.54 bits per heavy atom. The zero-order chi connectivity index (χ0) is 10.0. The number of aromatic nitrogens is 1. The van der Waals surface area contributed by atoms with Crippen molar-refractivity contribution in [3.05, 3.63) is 22.5 Å². The number of ether oxygens (including phenoxy) is 1. The van der Waals surface area contributed by atoms with E-state index in [4.69, 9.17) is 16.3 Å². The van der Waals surface area contributed by atoms with Crippen LogP contribution in [0.1, 0.15) is 17.6 Å². The maximum absolute atomic E-state index is 12.4. The van der Waals surface area contributed by atoms with Gasteiger partial charge in [-0.2, -0.15) is 0 Å². The summed E-state index contributed by atoms with van der Waals surface area (Å²) in [6.07, 6.45) is -1.57. The third-order valence-corrected chi connectivity index (χ3v) is 2.05. The first-order valence-corrected chi connectivity index (χ1v) is 3.92. The minimum absolute atomic E-state index is 0.106. The summed E-state index contributed by atoms with van der Waals surface area (Å²) < 4.78 is 29.5. The third kappa shape index (κ3) is 1.88. The average molecular weight is 208 g/mol. The molecule has 0 amide bonds. The molecule has 1 heterocycles. The second-order valence-electron chi connectivity index (χ2n) is 2.46. The predicted molar refractivity (Wildman–Crippen MR) is 45.5 cm³/mol. The largest absolute Gasteiger partial charge is 0.496 e. The molecule has 0 unspecified atom stereocenters.